The van der Waals surface area contributed by atoms with Crippen molar-refractivity contribution in [2.45, 2.75) is 25.7 Å². The summed E-state index contributed by atoms with van der Waals surface area (Å²) in [5, 5.41) is 12.9. The van der Waals surface area contributed by atoms with Gasteiger partial charge in [0.05, 0.1) is 0 Å². The second kappa shape index (κ2) is 14.5. The van der Waals surface area contributed by atoms with E-state index in [1.807, 2.05) is 0 Å². The van der Waals surface area contributed by atoms with Crippen LogP contribution in [0.15, 0.2) is 182 Å². The maximum Gasteiger partial charge on any atom is 0.00622 e. The van der Waals surface area contributed by atoms with E-state index in [0.29, 0.717) is 5.92 Å². The van der Waals surface area contributed by atoms with Crippen molar-refractivity contribution in [3.8, 4) is 33.4 Å². The van der Waals surface area contributed by atoms with Gasteiger partial charge in [0.2, 0.25) is 0 Å². The lowest BCUT2D eigenvalue weighted by Gasteiger charge is -2.20. The van der Waals surface area contributed by atoms with Crippen molar-refractivity contribution in [1.29, 1.82) is 0 Å². The van der Waals surface area contributed by atoms with Crippen molar-refractivity contribution in [2.24, 2.45) is 0 Å². The highest BCUT2D eigenvalue weighted by Gasteiger charge is 2.18. The first-order valence-electron chi connectivity index (χ1n) is 19.9. The van der Waals surface area contributed by atoms with Crippen LogP contribution in [0.4, 0.5) is 0 Å². The molecule has 0 aliphatic heterocycles. The van der Waals surface area contributed by atoms with Gasteiger partial charge >= 0.3 is 0 Å². The number of fused-ring (bicyclic) bond motifs is 4. The summed E-state index contributed by atoms with van der Waals surface area (Å²) in [6, 6.07) is 67.3. The summed E-state index contributed by atoms with van der Waals surface area (Å²) in [4.78, 5) is 0. The first-order valence-corrected chi connectivity index (χ1v) is 19.9. The van der Waals surface area contributed by atoms with Gasteiger partial charge in [-0.2, -0.15) is 0 Å². The molecule has 9 aromatic carbocycles. The van der Waals surface area contributed by atoms with Crippen LogP contribution in [0.2, 0.25) is 0 Å². The van der Waals surface area contributed by atoms with E-state index in [0.717, 1.165) is 12.8 Å². The highest BCUT2D eigenvalue weighted by atomic mass is 14.2. The van der Waals surface area contributed by atoms with Crippen LogP contribution in [0.3, 0.4) is 0 Å². The Morgan fingerprint density at radius 2 is 1.09 bits per heavy atom. The number of hydrogen-bond acceptors (Lipinski definition) is 0. The molecule has 0 N–H and O–H groups in total. The Kier molecular flexibility index (Phi) is 8.73. The minimum Gasteiger partial charge on any atom is -0.0798 e. The molecule has 0 nitrogen and oxygen atoms in total. The quantitative estimate of drug-likeness (QED) is 0.150. The zero-order chi connectivity index (χ0) is 37.4. The first kappa shape index (κ1) is 33.8. The molecule has 0 aromatic heterocycles. The molecule has 0 bridgehead atoms. The van der Waals surface area contributed by atoms with E-state index in [1.165, 1.54) is 97.7 Å². The molecule has 1 aliphatic rings. The molecule has 1 atom stereocenters. The van der Waals surface area contributed by atoms with E-state index in [4.69, 9.17) is 0 Å². The second-order valence-electron chi connectivity index (χ2n) is 15.1. The van der Waals surface area contributed by atoms with E-state index >= 15 is 0 Å². The number of rotatable bonds is 6. The van der Waals surface area contributed by atoms with Gasteiger partial charge in [0.25, 0.3) is 0 Å². The monoisotopic (exact) mass is 714 g/mol. The minimum absolute atomic E-state index is 0.323. The van der Waals surface area contributed by atoms with E-state index < -0.39 is 0 Å². The normalized spacial score (nSPS) is 14.5. The van der Waals surface area contributed by atoms with Crippen LogP contribution in [-0.4, -0.2) is 0 Å². The number of benzene rings is 9. The molecule has 266 valence electrons. The van der Waals surface area contributed by atoms with Gasteiger partial charge in [-0.25, -0.2) is 0 Å². The Balaban J connectivity index is 1.02. The molecule has 1 aliphatic carbocycles. The highest BCUT2D eigenvalue weighted by molar-refractivity contribution is 6.21. The lowest BCUT2D eigenvalue weighted by atomic mass is 9.84. The molecule has 0 radical (unpaired) electrons. The van der Waals surface area contributed by atoms with Crippen LogP contribution in [0.1, 0.15) is 30.4 Å². The summed E-state index contributed by atoms with van der Waals surface area (Å²) in [6.07, 6.45) is 11.4. The largest absolute Gasteiger partial charge is 0.0798 e. The molecule has 0 heteroatoms. The van der Waals surface area contributed by atoms with E-state index in [-0.39, 0.29) is 0 Å². The molecule has 0 heterocycles. The summed E-state index contributed by atoms with van der Waals surface area (Å²) in [5.41, 5.74) is 10.3. The molecule has 9 aromatic rings. The minimum atomic E-state index is 0.323. The predicted octanol–water partition coefficient (Wildman–Crippen LogP) is 11.7. The summed E-state index contributed by atoms with van der Waals surface area (Å²) in [7, 11) is 0. The van der Waals surface area contributed by atoms with Gasteiger partial charge in [-0.15, -0.1) is 0 Å². The van der Waals surface area contributed by atoms with Gasteiger partial charge in [0.15, 0.2) is 0 Å². The Morgan fingerprint density at radius 1 is 0.482 bits per heavy atom. The SMILES string of the molecule is C/C=c1/cccc/c1=C/Cc1ccc2c(c1)=CCC(c1cccc(-c3c4ccccc4c(-c4ccc(-c5cccc6ccccc56)cc4)c4ccccc34)c1)C=2. The lowest BCUT2D eigenvalue weighted by molar-refractivity contribution is 0.921. The van der Waals surface area contributed by atoms with Gasteiger partial charge < -0.3 is 0 Å². The molecule has 0 amide bonds. The average Bonchev–Trinajstić information content (AvgIpc) is 3.27. The Morgan fingerprint density at radius 3 is 1.82 bits per heavy atom. The zero-order valence-electron chi connectivity index (χ0n) is 31.6. The third-order valence-electron chi connectivity index (χ3n) is 11.8. The predicted molar refractivity (Wildman–Crippen MR) is 241 cm³/mol. The van der Waals surface area contributed by atoms with Crippen LogP contribution in [0.5, 0.6) is 0 Å². The van der Waals surface area contributed by atoms with Gasteiger partial charge in [-0.05, 0) is 117 Å². The topological polar surface area (TPSA) is 0 Å². The third-order valence-corrected chi connectivity index (χ3v) is 11.8. The standard InChI is InChI=1S/C56H42/c1-2-39-13-3-4-14-40(39)27-25-38-26-28-46-36-47(34-33-45(46)35-38)44-17-11-18-48(37-44)56-53-22-9-7-20-51(53)55(52-21-8-10-23-54(52)56)43-31-29-42(30-32-43)50-24-12-16-41-15-5-6-19-49(41)50/h2-24,26-33,35-37,47H,25,34H2,1H3/b39-2-,40-27-. The smallest absolute Gasteiger partial charge is 0.00622 e. The summed E-state index contributed by atoms with van der Waals surface area (Å²) >= 11 is 0. The maximum atomic E-state index is 2.48. The molecular formula is C56H42. The van der Waals surface area contributed by atoms with Crippen LogP contribution >= 0.6 is 0 Å². The van der Waals surface area contributed by atoms with Crippen molar-refractivity contribution >= 4 is 56.6 Å². The van der Waals surface area contributed by atoms with Crippen LogP contribution in [0, 0.1) is 0 Å². The molecule has 0 fully saturated rings. The van der Waals surface area contributed by atoms with E-state index in [2.05, 4.69) is 213 Å². The van der Waals surface area contributed by atoms with Gasteiger partial charge in [0.1, 0.15) is 0 Å². The second-order valence-corrected chi connectivity index (χ2v) is 15.1. The average molecular weight is 715 g/mol. The molecule has 0 saturated heterocycles. The molecule has 0 spiro atoms. The zero-order valence-corrected chi connectivity index (χ0v) is 31.6. The van der Waals surface area contributed by atoms with Crippen molar-refractivity contribution in [3.05, 3.63) is 214 Å². The van der Waals surface area contributed by atoms with Crippen molar-refractivity contribution < 1.29 is 0 Å². The van der Waals surface area contributed by atoms with Crippen molar-refractivity contribution in [1.82, 2.24) is 0 Å². The van der Waals surface area contributed by atoms with Gasteiger partial charge in [-0.3, -0.25) is 0 Å². The van der Waals surface area contributed by atoms with Crippen LogP contribution in [0.25, 0.3) is 90.0 Å². The lowest BCUT2D eigenvalue weighted by Crippen LogP contribution is -2.29. The van der Waals surface area contributed by atoms with Crippen molar-refractivity contribution in [3.63, 3.8) is 0 Å². The van der Waals surface area contributed by atoms with Gasteiger partial charge in [0, 0.05) is 5.92 Å². The molecule has 0 saturated carbocycles. The Labute approximate surface area is 328 Å². The molecule has 10 rings (SSSR count). The third kappa shape index (κ3) is 6.14. The molecular weight excluding hydrogens is 673 g/mol. The fraction of sp³-hybridized carbons (Fsp3) is 0.0714. The van der Waals surface area contributed by atoms with Gasteiger partial charge in [-0.1, -0.05) is 206 Å². The molecule has 1 unspecified atom stereocenters. The fourth-order valence-corrected chi connectivity index (χ4v) is 9.01. The summed E-state index contributed by atoms with van der Waals surface area (Å²) in [5.74, 6) is 0.323. The van der Waals surface area contributed by atoms with Crippen LogP contribution < -0.4 is 20.9 Å². The van der Waals surface area contributed by atoms with Crippen LogP contribution in [-0.2, 0) is 6.42 Å². The Hall–Kier alpha value is -6.76. The molecule has 56 heavy (non-hydrogen) atoms. The summed E-state index contributed by atoms with van der Waals surface area (Å²) < 4.78 is 0. The summed E-state index contributed by atoms with van der Waals surface area (Å²) in [6.45, 7) is 2.11. The maximum absolute atomic E-state index is 2.48. The van der Waals surface area contributed by atoms with E-state index in [1.54, 1.807) is 0 Å². The number of hydrogen-bond donors (Lipinski definition) is 0. The van der Waals surface area contributed by atoms with E-state index in [9.17, 15) is 0 Å². The fourth-order valence-electron chi connectivity index (χ4n) is 9.01. The Bertz CT molecular complexity index is 3140. The first-order chi connectivity index (χ1) is 27.7. The highest BCUT2D eigenvalue weighted by Crippen LogP contribution is 2.44. The van der Waals surface area contributed by atoms with Crippen molar-refractivity contribution in [2.75, 3.05) is 0 Å².